The molecule has 1 aromatic heterocycles. The molecule has 1 heterocycles. The van der Waals surface area contributed by atoms with Gasteiger partial charge in [0.15, 0.2) is 5.69 Å². The van der Waals surface area contributed by atoms with Gasteiger partial charge in [-0.05, 0) is 28.1 Å². The van der Waals surface area contributed by atoms with Crippen LogP contribution in [0.5, 0.6) is 0 Å². The Morgan fingerprint density at radius 3 is 2.08 bits per heavy atom. The average Bonchev–Trinajstić information content (AvgIpc) is 2.81. The fraction of sp³-hybridized carbons (Fsp3) is 0.0769. The van der Waals surface area contributed by atoms with Crippen molar-refractivity contribution in [1.82, 2.24) is 9.78 Å². The first-order valence-corrected chi connectivity index (χ1v) is 8.63. The minimum atomic E-state index is -4.64. The van der Waals surface area contributed by atoms with E-state index in [4.69, 9.17) is 58.0 Å². The van der Waals surface area contributed by atoms with E-state index >= 15 is 0 Å². The van der Waals surface area contributed by atoms with Crippen molar-refractivity contribution >= 4 is 79.0 Å². The Labute approximate surface area is 172 Å². The zero-order valence-corrected chi connectivity index (χ0v) is 16.8. The van der Waals surface area contributed by atoms with E-state index < -0.39 is 11.7 Å². The van der Waals surface area contributed by atoms with E-state index in [1.165, 1.54) is 0 Å². The highest BCUT2D eigenvalue weighted by Crippen LogP contribution is 2.41. The number of alkyl halides is 3. The quantitative estimate of drug-likeness (QED) is 0.425. The molecule has 25 heavy (non-hydrogen) atoms. The standard InChI is InChI=1S/C13H2BrCl5F3N3/c14-11(18)9(17)8-7(3-23)24-25(12(8)19)10-5(15)1-4(2-6(10)16)13(20,21)22/h1-2H/b11-9+. The van der Waals surface area contributed by atoms with Gasteiger partial charge >= 0.3 is 6.18 Å². The molecule has 2 aromatic rings. The fourth-order valence-corrected chi connectivity index (χ4v) is 3.32. The number of halogens is 9. The third kappa shape index (κ3) is 4.05. The van der Waals surface area contributed by atoms with Gasteiger partial charge in [-0.15, -0.1) is 0 Å². The summed E-state index contributed by atoms with van der Waals surface area (Å²) in [6.45, 7) is 0. The molecule has 0 saturated carbocycles. The monoisotopic (exact) mass is 511 g/mol. The summed E-state index contributed by atoms with van der Waals surface area (Å²) >= 11 is 32.7. The molecule has 0 aliphatic heterocycles. The molecule has 0 spiro atoms. The molecular formula is C13H2BrCl5F3N3. The molecule has 0 aliphatic carbocycles. The number of benzene rings is 1. The van der Waals surface area contributed by atoms with Gasteiger partial charge in [-0.3, -0.25) is 0 Å². The number of rotatable bonds is 2. The highest BCUT2D eigenvalue weighted by Gasteiger charge is 2.33. The lowest BCUT2D eigenvalue weighted by molar-refractivity contribution is -0.137. The van der Waals surface area contributed by atoms with E-state index in [-0.39, 0.29) is 41.1 Å². The summed E-state index contributed by atoms with van der Waals surface area (Å²) in [6, 6.07) is 3.09. The first kappa shape index (κ1) is 20.7. The first-order valence-electron chi connectivity index (χ1n) is 5.95. The number of nitriles is 1. The minimum absolute atomic E-state index is 0.0280. The van der Waals surface area contributed by atoms with Crippen LogP contribution >= 0.6 is 73.9 Å². The molecule has 12 heteroatoms. The van der Waals surface area contributed by atoms with Crippen LogP contribution in [0.4, 0.5) is 13.2 Å². The second-order valence-electron chi connectivity index (χ2n) is 4.40. The summed E-state index contributed by atoms with van der Waals surface area (Å²) in [6.07, 6.45) is -4.64. The number of aromatic nitrogens is 2. The molecule has 0 radical (unpaired) electrons. The molecule has 0 atom stereocenters. The molecule has 132 valence electrons. The highest BCUT2D eigenvalue weighted by atomic mass is 79.9. The van der Waals surface area contributed by atoms with E-state index in [1.54, 1.807) is 6.07 Å². The summed E-state index contributed by atoms with van der Waals surface area (Å²) in [7, 11) is 0. The van der Waals surface area contributed by atoms with Crippen molar-refractivity contribution in [2.24, 2.45) is 0 Å². The third-order valence-electron chi connectivity index (χ3n) is 2.88. The van der Waals surface area contributed by atoms with Crippen LogP contribution < -0.4 is 0 Å². The third-order valence-corrected chi connectivity index (χ3v) is 5.09. The van der Waals surface area contributed by atoms with Crippen LogP contribution in [0, 0.1) is 11.3 Å². The van der Waals surface area contributed by atoms with Crippen molar-refractivity contribution in [3.8, 4) is 11.8 Å². The van der Waals surface area contributed by atoms with E-state index in [1.807, 2.05) is 0 Å². The van der Waals surface area contributed by atoms with Crippen molar-refractivity contribution in [3.63, 3.8) is 0 Å². The molecule has 0 fully saturated rings. The van der Waals surface area contributed by atoms with Crippen molar-refractivity contribution in [1.29, 1.82) is 5.26 Å². The number of hydrogen-bond acceptors (Lipinski definition) is 2. The molecule has 0 aliphatic rings. The van der Waals surface area contributed by atoms with Crippen molar-refractivity contribution < 1.29 is 13.2 Å². The van der Waals surface area contributed by atoms with Crippen LogP contribution in [0.25, 0.3) is 10.7 Å². The Morgan fingerprint density at radius 2 is 1.68 bits per heavy atom. The summed E-state index contributed by atoms with van der Waals surface area (Å²) in [5.41, 5.74) is -1.43. The molecule has 0 unspecified atom stereocenters. The Bertz CT molecular complexity index is 903. The smallest absolute Gasteiger partial charge is 0.217 e. The summed E-state index contributed by atoms with van der Waals surface area (Å²) in [5.74, 6) is 0. The second kappa shape index (κ2) is 7.55. The van der Waals surface area contributed by atoms with Gasteiger partial charge in [-0.1, -0.05) is 58.0 Å². The van der Waals surface area contributed by atoms with Gasteiger partial charge in [-0.25, -0.2) is 4.68 Å². The predicted octanol–water partition coefficient (Wildman–Crippen LogP) is 7.22. The number of nitrogens with zero attached hydrogens (tertiary/aromatic N) is 3. The van der Waals surface area contributed by atoms with E-state index in [0.29, 0.717) is 12.1 Å². The van der Waals surface area contributed by atoms with Gasteiger partial charge in [0.1, 0.15) is 20.9 Å². The van der Waals surface area contributed by atoms with Crippen LogP contribution in [0.3, 0.4) is 0 Å². The SMILES string of the molecule is N#Cc1nn(-c2c(Cl)cc(C(F)(F)F)cc2Cl)c(Cl)c1/C(Cl)=C(\Cl)Br. The second-order valence-corrected chi connectivity index (χ2v) is 7.58. The summed E-state index contributed by atoms with van der Waals surface area (Å²) in [5, 5.41) is 12.0. The Kier molecular flexibility index (Phi) is 6.25. The Morgan fingerprint density at radius 1 is 1.16 bits per heavy atom. The van der Waals surface area contributed by atoms with Gasteiger partial charge in [0.25, 0.3) is 0 Å². The lowest BCUT2D eigenvalue weighted by atomic mass is 10.2. The summed E-state index contributed by atoms with van der Waals surface area (Å²) in [4.78, 5) is 0. The van der Waals surface area contributed by atoms with Gasteiger partial charge in [-0.2, -0.15) is 23.5 Å². The van der Waals surface area contributed by atoms with Crippen molar-refractivity contribution in [2.45, 2.75) is 6.18 Å². The van der Waals surface area contributed by atoms with Crippen LogP contribution in [0.1, 0.15) is 16.8 Å². The van der Waals surface area contributed by atoms with Crippen LogP contribution in [0.15, 0.2) is 16.1 Å². The van der Waals surface area contributed by atoms with Crippen molar-refractivity contribution in [2.75, 3.05) is 0 Å². The maximum absolute atomic E-state index is 12.8. The van der Waals surface area contributed by atoms with Gasteiger partial charge in [0.2, 0.25) is 0 Å². The van der Waals surface area contributed by atoms with Crippen LogP contribution in [-0.4, -0.2) is 9.78 Å². The van der Waals surface area contributed by atoms with Crippen LogP contribution in [-0.2, 0) is 6.18 Å². The average molecular weight is 514 g/mol. The van der Waals surface area contributed by atoms with Gasteiger partial charge < -0.3 is 0 Å². The lowest BCUT2D eigenvalue weighted by Gasteiger charge is -2.13. The van der Waals surface area contributed by atoms with Crippen LogP contribution in [0.2, 0.25) is 15.2 Å². The number of hydrogen-bond donors (Lipinski definition) is 0. The maximum atomic E-state index is 12.8. The zero-order chi connectivity index (χ0) is 19.1. The van der Waals surface area contributed by atoms with E-state index in [9.17, 15) is 18.4 Å². The Balaban J connectivity index is 2.78. The van der Waals surface area contributed by atoms with Gasteiger partial charge in [0, 0.05) is 0 Å². The first-order chi connectivity index (χ1) is 11.5. The predicted molar refractivity (Wildman–Crippen MR) is 95.9 cm³/mol. The molecule has 3 nitrogen and oxygen atoms in total. The highest BCUT2D eigenvalue weighted by molar-refractivity contribution is 9.12. The fourth-order valence-electron chi connectivity index (χ4n) is 1.84. The molecule has 0 bridgehead atoms. The molecule has 2 rings (SSSR count). The van der Waals surface area contributed by atoms with E-state index in [2.05, 4.69) is 21.0 Å². The molecular weight excluding hydrogens is 512 g/mol. The van der Waals surface area contributed by atoms with Crippen molar-refractivity contribution in [3.05, 3.63) is 48.1 Å². The maximum Gasteiger partial charge on any atom is 0.416 e. The topological polar surface area (TPSA) is 41.6 Å². The van der Waals surface area contributed by atoms with Gasteiger partial charge in [0.05, 0.1) is 26.2 Å². The molecule has 0 saturated heterocycles. The normalized spacial score (nSPS) is 12.8. The van der Waals surface area contributed by atoms with E-state index in [0.717, 1.165) is 4.68 Å². The Hall–Kier alpha value is -0.620. The molecule has 0 N–H and O–H groups in total. The molecule has 0 amide bonds. The zero-order valence-electron chi connectivity index (χ0n) is 11.4. The lowest BCUT2D eigenvalue weighted by Crippen LogP contribution is -2.07. The largest absolute Gasteiger partial charge is 0.416 e. The molecule has 1 aromatic carbocycles. The minimum Gasteiger partial charge on any atom is -0.217 e. The summed E-state index contributed by atoms with van der Waals surface area (Å²) < 4.78 is 39.3.